The van der Waals surface area contributed by atoms with Crippen molar-refractivity contribution in [2.75, 3.05) is 4.90 Å². The van der Waals surface area contributed by atoms with Gasteiger partial charge >= 0.3 is 0 Å². The molecule has 2 radical (unpaired) electrons. The molecular weight excluding hydrogens is 337 g/mol. The average molecular weight is 359 g/mol. The van der Waals surface area contributed by atoms with Crippen molar-refractivity contribution in [1.82, 2.24) is 0 Å². The van der Waals surface area contributed by atoms with Crippen LogP contribution in [0.4, 0.5) is 17.1 Å². The molecule has 134 valence electrons. The van der Waals surface area contributed by atoms with Crippen LogP contribution in [-0.4, -0.2) is 7.85 Å². The summed E-state index contributed by atoms with van der Waals surface area (Å²) in [6.45, 7) is 4.21. The largest absolute Gasteiger partial charge is 0.311 e. The second-order valence-electron chi connectivity index (χ2n) is 7.18. The van der Waals surface area contributed by atoms with E-state index < -0.39 is 0 Å². The van der Waals surface area contributed by atoms with Crippen LogP contribution in [-0.2, 0) is 0 Å². The zero-order chi connectivity index (χ0) is 19.5. The van der Waals surface area contributed by atoms with E-state index in [1.807, 2.05) is 12.1 Å². The highest BCUT2D eigenvalue weighted by molar-refractivity contribution is 6.32. The van der Waals surface area contributed by atoms with Crippen LogP contribution in [0.25, 0.3) is 11.1 Å². The Balaban J connectivity index is 1.74. The van der Waals surface area contributed by atoms with Gasteiger partial charge in [0.1, 0.15) is 7.85 Å². The van der Waals surface area contributed by atoms with E-state index in [1.54, 1.807) is 0 Å². The zero-order valence-corrected chi connectivity index (χ0v) is 16.3. The third kappa shape index (κ3) is 3.87. The summed E-state index contributed by atoms with van der Waals surface area (Å²) in [5.74, 6) is 0. The molecule has 0 saturated carbocycles. The van der Waals surface area contributed by atoms with Crippen LogP contribution in [0.5, 0.6) is 0 Å². The van der Waals surface area contributed by atoms with Crippen molar-refractivity contribution in [3.8, 4) is 11.1 Å². The topological polar surface area (TPSA) is 3.24 Å². The minimum atomic E-state index is 0.766. The van der Waals surface area contributed by atoms with Gasteiger partial charge in [0.05, 0.1) is 0 Å². The lowest BCUT2D eigenvalue weighted by atomic mass is 9.96. The van der Waals surface area contributed by atoms with Crippen LogP contribution < -0.4 is 10.4 Å². The molecule has 0 atom stereocenters. The van der Waals surface area contributed by atoms with Gasteiger partial charge in [0, 0.05) is 17.1 Å². The molecule has 4 aromatic rings. The molecule has 0 heterocycles. The highest BCUT2D eigenvalue weighted by Crippen LogP contribution is 2.35. The van der Waals surface area contributed by atoms with Gasteiger partial charge in [-0.25, -0.2) is 0 Å². The minimum absolute atomic E-state index is 0.766. The molecule has 2 heteroatoms. The van der Waals surface area contributed by atoms with Crippen molar-refractivity contribution in [2.45, 2.75) is 13.8 Å². The monoisotopic (exact) mass is 359 g/mol. The van der Waals surface area contributed by atoms with Gasteiger partial charge in [-0.15, -0.1) is 0 Å². The van der Waals surface area contributed by atoms with Gasteiger partial charge in [0.25, 0.3) is 0 Å². The molecule has 0 unspecified atom stereocenters. The Hall–Kier alpha value is -3.26. The highest BCUT2D eigenvalue weighted by Gasteiger charge is 2.12. The second-order valence-corrected chi connectivity index (χ2v) is 7.18. The van der Waals surface area contributed by atoms with Crippen molar-refractivity contribution in [1.29, 1.82) is 0 Å². The molecule has 4 aromatic carbocycles. The maximum atomic E-state index is 5.90. The third-order valence-electron chi connectivity index (χ3n) is 4.95. The van der Waals surface area contributed by atoms with Crippen LogP contribution in [0.15, 0.2) is 97.1 Å². The Morgan fingerprint density at radius 2 is 0.786 bits per heavy atom. The molecule has 4 rings (SSSR count). The highest BCUT2D eigenvalue weighted by atomic mass is 15.1. The Morgan fingerprint density at radius 1 is 0.464 bits per heavy atom. The first-order chi connectivity index (χ1) is 13.6. The molecular formula is C26H22BN. The molecule has 0 spiro atoms. The summed E-state index contributed by atoms with van der Waals surface area (Å²) < 4.78 is 0. The number of hydrogen-bond donors (Lipinski definition) is 0. The minimum Gasteiger partial charge on any atom is -0.311 e. The number of nitrogens with zero attached hydrogens (tertiary/aromatic N) is 1. The summed E-state index contributed by atoms with van der Waals surface area (Å²) in [7, 11) is 5.90. The van der Waals surface area contributed by atoms with Crippen LogP contribution >= 0.6 is 0 Å². The lowest BCUT2D eigenvalue weighted by Gasteiger charge is -2.26. The summed E-state index contributed by atoms with van der Waals surface area (Å²) in [6.07, 6.45) is 0. The van der Waals surface area contributed by atoms with Gasteiger partial charge in [-0.3, -0.25) is 0 Å². The summed E-state index contributed by atoms with van der Waals surface area (Å²) in [6, 6.07) is 33.9. The standard InChI is InChI=1S/C26H22BN/c1-19-3-7-21(8-4-19)22-9-15-25(16-10-22)28(24-13-5-20(2)6-14-24)26-17-11-23(27)12-18-26/h3-18H,1-2H3. The normalized spacial score (nSPS) is 10.6. The van der Waals surface area contributed by atoms with Gasteiger partial charge in [-0.2, -0.15) is 0 Å². The average Bonchev–Trinajstić information content (AvgIpc) is 2.72. The number of hydrogen-bond acceptors (Lipinski definition) is 1. The van der Waals surface area contributed by atoms with Crippen LogP contribution in [0.3, 0.4) is 0 Å². The van der Waals surface area contributed by atoms with Gasteiger partial charge in [0.2, 0.25) is 0 Å². The van der Waals surface area contributed by atoms with Gasteiger partial charge in [-0.1, -0.05) is 77.3 Å². The first kappa shape index (κ1) is 18.1. The summed E-state index contributed by atoms with van der Waals surface area (Å²) in [4.78, 5) is 2.25. The van der Waals surface area contributed by atoms with Crippen molar-refractivity contribution >= 4 is 30.4 Å². The van der Waals surface area contributed by atoms with E-state index in [2.05, 4.69) is 104 Å². The Morgan fingerprint density at radius 3 is 1.25 bits per heavy atom. The zero-order valence-electron chi connectivity index (χ0n) is 16.3. The molecule has 0 saturated heterocycles. The van der Waals surface area contributed by atoms with E-state index in [-0.39, 0.29) is 0 Å². The van der Waals surface area contributed by atoms with Crippen molar-refractivity contribution in [3.63, 3.8) is 0 Å². The maximum Gasteiger partial charge on any atom is 0.113 e. The van der Waals surface area contributed by atoms with E-state index in [9.17, 15) is 0 Å². The van der Waals surface area contributed by atoms with E-state index in [4.69, 9.17) is 7.85 Å². The molecule has 0 aliphatic carbocycles. The molecule has 0 aromatic heterocycles. The molecule has 0 fully saturated rings. The number of rotatable bonds is 4. The van der Waals surface area contributed by atoms with E-state index in [1.165, 1.54) is 22.3 Å². The van der Waals surface area contributed by atoms with E-state index in [0.29, 0.717) is 0 Å². The summed E-state index contributed by atoms with van der Waals surface area (Å²) in [5, 5.41) is 0. The van der Waals surface area contributed by atoms with Gasteiger partial charge < -0.3 is 4.90 Å². The SMILES string of the molecule is [B]c1ccc(N(c2ccc(C)cc2)c2ccc(-c3ccc(C)cc3)cc2)cc1. The van der Waals surface area contributed by atoms with Gasteiger partial charge in [0.15, 0.2) is 0 Å². The molecule has 0 aliphatic heterocycles. The Bertz CT molecular complexity index is 1000. The lowest BCUT2D eigenvalue weighted by molar-refractivity contribution is 1.28. The number of aryl methyl sites for hydroxylation is 2. The first-order valence-electron chi connectivity index (χ1n) is 9.49. The molecule has 0 aliphatic rings. The summed E-state index contributed by atoms with van der Waals surface area (Å²) >= 11 is 0. The first-order valence-corrected chi connectivity index (χ1v) is 9.49. The van der Waals surface area contributed by atoms with E-state index >= 15 is 0 Å². The fourth-order valence-electron chi connectivity index (χ4n) is 3.31. The molecule has 28 heavy (non-hydrogen) atoms. The third-order valence-corrected chi connectivity index (χ3v) is 4.95. The lowest BCUT2D eigenvalue weighted by Crippen LogP contribution is -2.11. The van der Waals surface area contributed by atoms with Crippen molar-refractivity contribution in [3.05, 3.63) is 108 Å². The maximum absolute atomic E-state index is 5.90. The smallest absolute Gasteiger partial charge is 0.113 e. The van der Waals surface area contributed by atoms with Crippen molar-refractivity contribution < 1.29 is 0 Å². The molecule has 0 amide bonds. The predicted octanol–water partition coefficient (Wildman–Crippen LogP) is 6.23. The Labute approximate surface area is 168 Å². The molecule has 0 N–H and O–H groups in total. The van der Waals surface area contributed by atoms with Crippen LogP contribution in [0, 0.1) is 13.8 Å². The van der Waals surface area contributed by atoms with E-state index in [0.717, 1.165) is 22.5 Å². The van der Waals surface area contributed by atoms with Crippen molar-refractivity contribution in [2.24, 2.45) is 0 Å². The fourth-order valence-corrected chi connectivity index (χ4v) is 3.31. The van der Waals surface area contributed by atoms with Crippen LogP contribution in [0.1, 0.15) is 11.1 Å². The quantitative estimate of drug-likeness (QED) is 0.390. The second kappa shape index (κ2) is 7.78. The van der Waals surface area contributed by atoms with Crippen LogP contribution in [0.2, 0.25) is 0 Å². The summed E-state index contributed by atoms with van der Waals surface area (Å²) in [5.41, 5.74) is 9.05. The molecule has 0 bridgehead atoms. The Kier molecular flexibility index (Phi) is 5.03. The number of anilines is 3. The van der Waals surface area contributed by atoms with Gasteiger partial charge in [-0.05, 0) is 61.4 Å². The number of benzene rings is 4. The predicted molar refractivity (Wildman–Crippen MR) is 121 cm³/mol. The molecule has 1 nitrogen and oxygen atoms in total. The fraction of sp³-hybridized carbons (Fsp3) is 0.0769.